The zero-order valence-corrected chi connectivity index (χ0v) is 9.69. The van der Waals surface area contributed by atoms with E-state index in [-0.39, 0.29) is 11.3 Å². The fraction of sp³-hybridized carbons (Fsp3) is 0.385. The van der Waals surface area contributed by atoms with Gasteiger partial charge in [0.25, 0.3) is 0 Å². The van der Waals surface area contributed by atoms with Crippen LogP contribution in [0.25, 0.3) is 0 Å². The Labute approximate surface area is 99.6 Å². The largest absolute Gasteiger partial charge is 0.478 e. The number of hydrogen-bond donors (Lipinski definition) is 2. The molecule has 2 rings (SSSR count). The fourth-order valence-electron chi connectivity index (χ4n) is 1.99. The highest BCUT2D eigenvalue weighted by Gasteiger charge is 2.44. The van der Waals surface area contributed by atoms with Crippen LogP contribution in [0.3, 0.4) is 0 Å². The summed E-state index contributed by atoms with van der Waals surface area (Å²) in [7, 11) is 0. The van der Waals surface area contributed by atoms with E-state index in [2.05, 4.69) is 5.32 Å². The molecule has 0 atom stereocenters. The van der Waals surface area contributed by atoms with Crippen molar-refractivity contribution in [3.63, 3.8) is 0 Å². The number of carbonyl (C=O) groups is 2. The number of aromatic carboxylic acids is 1. The topological polar surface area (TPSA) is 66.4 Å². The van der Waals surface area contributed by atoms with Gasteiger partial charge in [-0.3, -0.25) is 4.79 Å². The van der Waals surface area contributed by atoms with Crippen LogP contribution in [0, 0.1) is 0 Å². The molecule has 0 radical (unpaired) electrons. The van der Waals surface area contributed by atoms with Gasteiger partial charge in [0.2, 0.25) is 5.91 Å². The molecule has 1 saturated carbocycles. The summed E-state index contributed by atoms with van der Waals surface area (Å²) in [6.07, 6.45) is 1.99. The van der Waals surface area contributed by atoms with Crippen molar-refractivity contribution >= 4 is 11.9 Å². The van der Waals surface area contributed by atoms with Crippen molar-refractivity contribution in [2.45, 2.75) is 25.2 Å². The summed E-state index contributed by atoms with van der Waals surface area (Å²) < 4.78 is 0. The van der Waals surface area contributed by atoms with Gasteiger partial charge in [-0.1, -0.05) is 12.1 Å². The summed E-state index contributed by atoms with van der Waals surface area (Å²) in [5.74, 6) is -0.965. The minimum atomic E-state index is -0.915. The second-order valence-corrected chi connectivity index (χ2v) is 4.58. The van der Waals surface area contributed by atoms with Gasteiger partial charge in [-0.25, -0.2) is 4.79 Å². The van der Waals surface area contributed by atoms with Gasteiger partial charge in [0, 0.05) is 18.9 Å². The second-order valence-electron chi connectivity index (χ2n) is 4.58. The third-order valence-electron chi connectivity index (χ3n) is 3.25. The number of carboxylic acid groups (broad SMARTS) is 1. The van der Waals surface area contributed by atoms with Gasteiger partial charge < -0.3 is 10.4 Å². The number of nitrogens with one attached hydrogen (secondary N) is 1. The molecule has 1 aromatic carbocycles. The maximum atomic E-state index is 10.9. The van der Waals surface area contributed by atoms with Crippen LogP contribution in [0.4, 0.5) is 0 Å². The van der Waals surface area contributed by atoms with Crippen LogP contribution in [-0.4, -0.2) is 23.5 Å². The lowest BCUT2D eigenvalue weighted by atomic mass is 9.94. The highest BCUT2D eigenvalue weighted by atomic mass is 16.4. The molecule has 0 unspecified atom stereocenters. The van der Waals surface area contributed by atoms with E-state index in [4.69, 9.17) is 5.11 Å². The Hall–Kier alpha value is -1.84. The lowest BCUT2D eigenvalue weighted by molar-refractivity contribution is -0.119. The van der Waals surface area contributed by atoms with E-state index in [1.54, 1.807) is 18.2 Å². The van der Waals surface area contributed by atoms with Crippen LogP contribution in [0.15, 0.2) is 24.3 Å². The quantitative estimate of drug-likeness (QED) is 0.829. The first-order valence-electron chi connectivity index (χ1n) is 5.62. The van der Waals surface area contributed by atoms with Crippen molar-refractivity contribution in [2.75, 3.05) is 6.54 Å². The van der Waals surface area contributed by atoms with Crippen LogP contribution in [0.5, 0.6) is 0 Å². The molecule has 17 heavy (non-hydrogen) atoms. The Morgan fingerprint density at radius 2 is 2.12 bits per heavy atom. The average Bonchev–Trinajstić information content (AvgIpc) is 3.08. The Morgan fingerprint density at radius 1 is 1.41 bits per heavy atom. The SMILES string of the molecule is CC(=O)NCC1(c2cccc(C(=O)O)c2)CC1. The zero-order chi connectivity index (χ0) is 12.5. The standard InChI is InChI=1S/C13H15NO3/c1-9(15)14-8-13(5-6-13)11-4-2-3-10(7-11)12(16)17/h2-4,7H,5-6,8H2,1H3,(H,14,15)(H,16,17). The molecule has 4 nitrogen and oxygen atoms in total. The lowest BCUT2D eigenvalue weighted by Gasteiger charge is -2.16. The van der Waals surface area contributed by atoms with Crippen molar-refractivity contribution in [3.05, 3.63) is 35.4 Å². The lowest BCUT2D eigenvalue weighted by Crippen LogP contribution is -2.30. The molecule has 1 amide bonds. The zero-order valence-electron chi connectivity index (χ0n) is 9.69. The van der Waals surface area contributed by atoms with Crippen LogP contribution < -0.4 is 5.32 Å². The third kappa shape index (κ3) is 2.46. The number of carbonyl (C=O) groups excluding carboxylic acids is 1. The average molecular weight is 233 g/mol. The number of carboxylic acids is 1. The predicted octanol–water partition coefficient (Wildman–Crippen LogP) is 1.55. The van der Waals surface area contributed by atoms with Crippen molar-refractivity contribution in [2.24, 2.45) is 0 Å². The van der Waals surface area contributed by atoms with Gasteiger partial charge >= 0.3 is 5.97 Å². The summed E-state index contributed by atoms with van der Waals surface area (Å²) in [6.45, 7) is 2.08. The normalized spacial score (nSPS) is 16.3. The Kier molecular flexibility index (Phi) is 2.88. The third-order valence-corrected chi connectivity index (χ3v) is 3.25. The predicted molar refractivity (Wildman–Crippen MR) is 63.0 cm³/mol. The van der Waals surface area contributed by atoms with Crippen LogP contribution in [-0.2, 0) is 10.2 Å². The Balaban J connectivity index is 2.19. The second kappa shape index (κ2) is 4.20. The summed E-state index contributed by atoms with van der Waals surface area (Å²) in [5, 5.41) is 11.8. The van der Waals surface area contributed by atoms with Gasteiger partial charge in [0.1, 0.15) is 0 Å². The minimum Gasteiger partial charge on any atom is -0.478 e. The fourth-order valence-corrected chi connectivity index (χ4v) is 1.99. The molecule has 2 N–H and O–H groups in total. The number of rotatable bonds is 4. The first-order chi connectivity index (χ1) is 8.03. The maximum absolute atomic E-state index is 10.9. The molecule has 0 bridgehead atoms. The molecule has 0 heterocycles. The maximum Gasteiger partial charge on any atom is 0.335 e. The Bertz CT molecular complexity index is 463. The van der Waals surface area contributed by atoms with Gasteiger partial charge in [-0.05, 0) is 30.5 Å². The molecule has 0 saturated heterocycles. The monoisotopic (exact) mass is 233 g/mol. The van der Waals surface area contributed by atoms with E-state index >= 15 is 0 Å². The summed E-state index contributed by atoms with van der Waals surface area (Å²) in [5.41, 5.74) is 1.26. The molecular weight excluding hydrogens is 218 g/mol. The molecule has 90 valence electrons. The molecule has 4 heteroatoms. The number of amides is 1. The molecule has 1 fully saturated rings. The van der Waals surface area contributed by atoms with Gasteiger partial charge in [-0.15, -0.1) is 0 Å². The van der Waals surface area contributed by atoms with E-state index in [0.29, 0.717) is 12.1 Å². The van der Waals surface area contributed by atoms with E-state index in [9.17, 15) is 9.59 Å². The minimum absolute atomic E-state index is 0.0445. The molecule has 0 spiro atoms. The van der Waals surface area contributed by atoms with Crippen LogP contribution in [0.2, 0.25) is 0 Å². The van der Waals surface area contributed by atoms with Gasteiger partial charge in [0.05, 0.1) is 5.56 Å². The molecule has 1 aromatic rings. The highest BCUT2D eigenvalue weighted by Crippen LogP contribution is 2.47. The summed E-state index contributed by atoms with van der Waals surface area (Å²) in [4.78, 5) is 21.8. The van der Waals surface area contributed by atoms with E-state index in [1.807, 2.05) is 6.07 Å². The molecule has 1 aliphatic rings. The van der Waals surface area contributed by atoms with Crippen molar-refractivity contribution in [1.82, 2.24) is 5.32 Å². The summed E-state index contributed by atoms with van der Waals surface area (Å²) in [6, 6.07) is 6.98. The number of hydrogen-bond acceptors (Lipinski definition) is 2. The van der Waals surface area contributed by atoms with E-state index < -0.39 is 5.97 Å². The molecule has 0 aliphatic heterocycles. The first-order valence-corrected chi connectivity index (χ1v) is 5.62. The van der Waals surface area contributed by atoms with Gasteiger partial charge in [0.15, 0.2) is 0 Å². The van der Waals surface area contributed by atoms with Crippen molar-refractivity contribution < 1.29 is 14.7 Å². The summed E-state index contributed by atoms with van der Waals surface area (Å²) >= 11 is 0. The van der Waals surface area contributed by atoms with E-state index in [1.165, 1.54) is 6.92 Å². The molecule has 0 aromatic heterocycles. The van der Waals surface area contributed by atoms with Crippen LogP contribution in [0.1, 0.15) is 35.7 Å². The first kappa shape index (κ1) is 11.6. The van der Waals surface area contributed by atoms with Crippen molar-refractivity contribution in [3.8, 4) is 0 Å². The number of benzene rings is 1. The smallest absolute Gasteiger partial charge is 0.335 e. The highest BCUT2D eigenvalue weighted by molar-refractivity contribution is 5.87. The molecular formula is C13H15NO3. The van der Waals surface area contributed by atoms with Crippen LogP contribution >= 0.6 is 0 Å². The van der Waals surface area contributed by atoms with E-state index in [0.717, 1.165) is 18.4 Å². The Morgan fingerprint density at radius 3 is 2.65 bits per heavy atom. The van der Waals surface area contributed by atoms with Crippen molar-refractivity contribution in [1.29, 1.82) is 0 Å². The van der Waals surface area contributed by atoms with Gasteiger partial charge in [-0.2, -0.15) is 0 Å². The molecule has 1 aliphatic carbocycles.